The second kappa shape index (κ2) is 7.17. The lowest BCUT2D eigenvalue weighted by atomic mass is 10.1. The minimum atomic E-state index is -3.71. The first kappa shape index (κ1) is 18.3. The van der Waals surface area contributed by atoms with E-state index in [2.05, 4.69) is 20.8 Å². The minimum absolute atomic E-state index is 0.0787. The van der Waals surface area contributed by atoms with Crippen molar-refractivity contribution in [2.75, 3.05) is 18.4 Å². The summed E-state index contributed by atoms with van der Waals surface area (Å²) < 4.78 is 33.3. The third kappa shape index (κ3) is 3.41. The molecule has 1 aliphatic rings. The molecule has 4 rings (SSSR count). The summed E-state index contributed by atoms with van der Waals surface area (Å²) in [6.07, 6.45) is 3.09. The summed E-state index contributed by atoms with van der Waals surface area (Å²) in [6.45, 7) is 2.77. The molecule has 10 nitrogen and oxygen atoms in total. The highest BCUT2D eigenvalue weighted by atomic mass is 32.2. The number of hydrogen-bond donors (Lipinski definition) is 1. The van der Waals surface area contributed by atoms with Gasteiger partial charge in [0.05, 0.1) is 5.69 Å². The number of nitrogens with one attached hydrogen (secondary N) is 1. The maximum atomic E-state index is 12.6. The molecule has 0 spiro atoms. The highest BCUT2D eigenvalue weighted by Crippen LogP contribution is 2.24. The molecule has 1 amide bonds. The van der Waals surface area contributed by atoms with Gasteiger partial charge < -0.3 is 9.73 Å². The summed E-state index contributed by atoms with van der Waals surface area (Å²) in [5, 5.41) is 13.5. The number of aryl methyl sites for hydroxylation is 1. The SMILES string of the molecule is Cc1ccc(-n2cnnn2)cc1NC(=O)c1ccc(S(=O)(=O)N2CCCC2)o1. The summed E-state index contributed by atoms with van der Waals surface area (Å²) in [5.41, 5.74) is 2.03. The molecule has 11 heteroatoms. The molecule has 1 aromatic carbocycles. The summed E-state index contributed by atoms with van der Waals surface area (Å²) >= 11 is 0. The van der Waals surface area contributed by atoms with Crippen molar-refractivity contribution in [3.05, 3.63) is 48.0 Å². The molecule has 1 aliphatic heterocycles. The molecule has 2 aromatic heterocycles. The van der Waals surface area contributed by atoms with Gasteiger partial charge in [-0.3, -0.25) is 4.79 Å². The smallest absolute Gasteiger partial charge is 0.291 e. The predicted molar refractivity (Wildman–Crippen MR) is 98.5 cm³/mol. The zero-order chi connectivity index (χ0) is 19.7. The second-order valence-corrected chi connectivity index (χ2v) is 8.31. The van der Waals surface area contributed by atoms with E-state index in [9.17, 15) is 13.2 Å². The lowest BCUT2D eigenvalue weighted by molar-refractivity contribution is 0.0991. The Labute approximate surface area is 161 Å². The van der Waals surface area contributed by atoms with E-state index in [0.29, 0.717) is 24.5 Å². The first-order valence-corrected chi connectivity index (χ1v) is 10.1. The Hall–Kier alpha value is -3.05. The van der Waals surface area contributed by atoms with E-state index in [1.54, 1.807) is 6.07 Å². The van der Waals surface area contributed by atoms with Crippen LogP contribution in [0.15, 0.2) is 46.2 Å². The molecule has 0 unspecified atom stereocenters. The van der Waals surface area contributed by atoms with E-state index >= 15 is 0 Å². The van der Waals surface area contributed by atoms with E-state index in [1.165, 1.54) is 27.4 Å². The third-order valence-electron chi connectivity index (χ3n) is 4.55. The van der Waals surface area contributed by atoms with Crippen LogP contribution in [-0.4, -0.2) is 51.9 Å². The van der Waals surface area contributed by atoms with E-state index in [-0.39, 0.29) is 10.9 Å². The molecule has 1 N–H and O–H groups in total. The molecular formula is C17H18N6O4S. The summed E-state index contributed by atoms with van der Waals surface area (Å²) in [7, 11) is -3.71. The van der Waals surface area contributed by atoms with Crippen LogP contribution in [0.4, 0.5) is 5.69 Å². The number of sulfonamides is 1. The average molecular weight is 402 g/mol. The van der Waals surface area contributed by atoms with E-state index in [4.69, 9.17) is 4.42 Å². The molecular weight excluding hydrogens is 384 g/mol. The monoisotopic (exact) mass is 402 g/mol. The lowest BCUT2D eigenvalue weighted by Gasteiger charge is -2.12. The summed E-state index contributed by atoms with van der Waals surface area (Å²) in [4.78, 5) is 12.6. The molecule has 0 aliphatic carbocycles. The van der Waals surface area contributed by atoms with Crippen molar-refractivity contribution in [3.63, 3.8) is 0 Å². The van der Waals surface area contributed by atoms with Crippen molar-refractivity contribution in [1.82, 2.24) is 24.5 Å². The van der Waals surface area contributed by atoms with Crippen LogP contribution in [0.3, 0.4) is 0 Å². The number of tetrazole rings is 1. The zero-order valence-corrected chi connectivity index (χ0v) is 15.9. The van der Waals surface area contributed by atoms with Gasteiger partial charge in [0.25, 0.3) is 15.9 Å². The van der Waals surface area contributed by atoms with Crippen LogP contribution in [0.1, 0.15) is 29.0 Å². The Kier molecular flexibility index (Phi) is 4.69. The normalized spacial score (nSPS) is 15.0. The lowest BCUT2D eigenvalue weighted by Crippen LogP contribution is -2.27. The van der Waals surface area contributed by atoms with E-state index < -0.39 is 15.9 Å². The number of carbonyl (C=O) groups excluding carboxylic acids is 1. The van der Waals surface area contributed by atoms with Crippen molar-refractivity contribution in [1.29, 1.82) is 0 Å². The molecule has 146 valence electrons. The number of nitrogens with zero attached hydrogens (tertiary/aromatic N) is 5. The van der Waals surface area contributed by atoms with Crippen LogP contribution in [0.25, 0.3) is 5.69 Å². The van der Waals surface area contributed by atoms with Crippen molar-refractivity contribution in [2.45, 2.75) is 24.9 Å². The van der Waals surface area contributed by atoms with Crippen molar-refractivity contribution in [3.8, 4) is 5.69 Å². The van der Waals surface area contributed by atoms with Crippen molar-refractivity contribution >= 4 is 21.6 Å². The van der Waals surface area contributed by atoms with Gasteiger partial charge in [0.1, 0.15) is 6.33 Å². The molecule has 0 bridgehead atoms. The molecule has 3 heterocycles. The largest absolute Gasteiger partial charge is 0.438 e. The van der Waals surface area contributed by atoms with Gasteiger partial charge >= 0.3 is 0 Å². The first-order valence-electron chi connectivity index (χ1n) is 8.70. The fraction of sp³-hybridized carbons (Fsp3) is 0.294. The molecule has 0 saturated carbocycles. The van der Waals surface area contributed by atoms with Crippen LogP contribution in [0.2, 0.25) is 0 Å². The van der Waals surface area contributed by atoms with Crippen LogP contribution >= 0.6 is 0 Å². The Morgan fingerprint density at radius 3 is 2.68 bits per heavy atom. The number of benzene rings is 1. The van der Waals surface area contributed by atoms with E-state index in [1.807, 2.05) is 19.1 Å². The van der Waals surface area contributed by atoms with Crippen molar-refractivity contribution < 1.29 is 17.6 Å². The fourth-order valence-corrected chi connectivity index (χ4v) is 4.42. The fourth-order valence-electron chi connectivity index (χ4n) is 2.99. The molecule has 3 aromatic rings. The second-order valence-electron chi connectivity index (χ2n) is 6.44. The number of carbonyl (C=O) groups is 1. The van der Waals surface area contributed by atoms with Crippen molar-refractivity contribution in [2.24, 2.45) is 0 Å². The highest BCUT2D eigenvalue weighted by molar-refractivity contribution is 7.89. The number of anilines is 1. The predicted octanol–water partition coefficient (Wildman–Crippen LogP) is 1.60. The van der Waals surface area contributed by atoms with Gasteiger partial charge in [-0.1, -0.05) is 6.07 Å². The number of amides is 1. The van der Waals surface area contributed by atoms with Gasteiger partial charge in [-0.25, -0.2) is 13.1 Å². The maximum absolute atomic E-state index is 12.6. The standard InChI is InChI=1S/C17H18N6O4S/c1-12-4-5-13(23-11-18-20-21-23)10-14(12)19-17(24)15-6-7-16(27-15)28(25,26)22-8-2-3-9-22/h4-7,10-11H,2-3,8-9H2,1H3,(H,19,24). The molecule has 1 fully saturated rings. The Bertz CT molecular complexity index is 1100. The van der Waals surface area contributed by atoms with Gasteiger partial charge in [-0.2, -0.15) is 4.31 Å². The van der Waals surface area contributed by atoms with Gasteiger partial charge in [0.15, 0.2) is 5.76 Å². The number of hydrogen-bond acceptors (Lipinski definition) is 7. The molecule has 0 atom stereocenters. The molecule has 1 saturated heterocycles. The van der Waals surface area contributed by atoms with Crippen LogP contribution in [0.5, 0.6) is 0 Å². The molecule has 0 radical (unpaired) electrons. The number of furan rings is 1. The van der Waals surface area contributed by atoms with Gasteiger partial charge in [-0.05, 0) is 60.0 Å². The van der Waals surface area contributed by atoms with Crippen LogP contribution in [0, 0.1) is 6.92 Å². The highest BCUT2D eigenvalue weighted by Gasteiger charge is 2.30. The first-order chi connectivity index (χ1) is 13.4. The molecule has 28 heavy (non-hydrogen) atoms. The van der Waals surface area contributed by atoms with Gasteiger partial charge in [0, 0.05) is 18.8 Å². The quantitative estimate of drug-likeness (QED) is 0.687. The minimum Gasteiger partial charge on any atom is -0.438 e. The summed E-state index contributed by atoms with van der Waals surface area (Å²) in [5.74, 6) is -0.621. The van der Waals surface area contributed by atoms with E-state index in [0.717, 1.165) is 18.4 Å². The Balaban J connectivity index is 1.55. The van der Waals surface area contributed by atoms with Gasteiger partial charge in [-0.15, -0.1) is 5.10 Å². The van der Waals surface area contributed by atoms with Crippen LogP contribution < -0.4 is 5.32 Å². The Morgan fingerprint density at radius 1 is 1.18 bits per heavy atom. The topological polar surface area (TPSA) is 123 Å². The number of aromatic nitrogens is 4. The Morgan fingerprint density at radius 2 is 1.96 bits per heavy atom. The number of rotatable bonds is 5. The van der Waals surface area contributed by atoms with Crippen LogP contribution in [-0.2, 0) is 10.0 Å². The maximum Gasteiger partial charge on any atom is 0.291 e. The zero-order valence-electron chi connectivity index (χ0n) is 15.1. The summed E-state index contributed by atoms with van der Waals surface area (Å²) in [6, 6.07) is 8.02. The third-order valence-corrected chi connectivity index (χ3v) is 6.32. The average Bonchev–Trinajstić information content (AvgIpc) is 3.44. The van der Waals surface area contributed by atoms with Gasteiger partial charge in [0.2, 0.25) is 5.09 Å².